The Labute approximate surface area is 85.6 Å². The Morgan fingerprint density at radius 2 is 2.21 bits per heavy atom. The number of carbonyl (C=O) groups is 1. The molecule has 0 fully saturated rings. The summed E-state index contributed by atoms with van der Waals surface area (Å²) in [6, 6.07) is 1.64. The second-order valence-corrected chi connectivity index (χ2v) is 2.38. The van der Waals surface area contributed by atoms with Crippen molar-refractivity contribution in [2.75, 3.05) is 0 Å². The van der Waals surface area contributed by atoms with E-state index in [0.717, 1.165) is 6.29 Å². The van der Waals surface area contributed by atoms with E-state index in [9.17, 15) is 4.79 Å². The summed E-state index contributed by atoms with van der Waals surface area (Å²) in [7, 11) is 0. The fraction of sp³-hybridized carbons (Fsp3) is 0. The number of hydrogen-bond donors (Lipinski definition) is 0. The highest BCUT2D eigenvalue weighted by Crippen LogP contribution is 2.12. The zero-order valence-corrected chi connectivity index (χ0v) is 7.77. The van der Waals surface area contributed by atoms with E-state index in [1.54, 1.807) is 12.3 Å². The van der Waals surface area contributed by atoms with Gasteiger partial charge in [-0.2, -0.15) is 4.98 Å². The first-order valence-corrected chi connectivity index (χ1v) is 3.57. The molecule has 0 N–H and O–H groups in total. The molecule has 72 valence electrons. The van der Waals surface area contributed by atoms with Crippen LogP contribution >= 0.6 is 12.4 Å². The summed E-state index contributed by atoms with van der Waals surface area (Å²) in [5, 5.41) is 3.62. The van der Waals surface area contributed by atoms with Crippen LogP contribution in [0, 0.1) is 0 Å². The van der Waals surface area contributed by atoms with Gasteiger partial charge in [-0.3, -0.25) is 9.78 Å². The predicted molar refractivity (Wildman–Crippen MR) is 50.2 cm³/mol. The molecule has 0 atom stereocenters. The van der Waals surface area contributed by atoms with Crippen molar-refractivity contribution >= 4 is 18.7 Å². The van der Waals surface area contributed by atoms with Crippen molar-refractivity contribution in [2.45, 2.75) is 0 Å². The van der Waals surface area contributed by atoms with Crippen LogP contribution in [0.25, 0.3) is 11.4 Å². The van der Waals surface area contributed by atoms with E-state index >= 15 is 0 Å². The van der Waals surface area contributed by atoms with Gasteiger partial charge in [0, 0.05) is 23.5 Å². The highest BCUT2D eigenvalue weighted by molar-refractivity contribution is 5.85. The first-order chi connectivity index (χ1) is 6.40. The van der Waals surface area contributed by atoms with Gasteiger partial charge in [-0.25, -0.2) is 0 Å². The summed E-state index contributed by atoms with van der Waals surface area (Å²) in [4.78, 5) is 18.1. The van der Waals surface area contributed by atoms with Crippen molar-refractivity contribution in [3.8, 4) is 11.4 Å². The normalized spacial score (nSPS) is 9.14. The maximum atomic E-state index is 10.4. The molecule has 5 nitrogen and oxygen atoms in total. The standard InChI is InChI=1S/C8H5N3O2.ClH/c12-4-6-1-7(3-9-2-6)8-10-5-13-11-8;/h1-5H;1H. The van der Waals surface area contributed by atoms with E-state index in [1.807, 2.05) is 0 Å². The molecule has 0 spiro atoms. The highest BCUT2D eigenvalue weighted by atomic mass is 35.5. The first kappa shape index (κ1) is 10.3. The van der Waals surface area contributed by atoms with Crippen LogP contribution in [0.3, 0.4) is 0 Å². The average Bonchev–Trinajstić information content (AvgIpc) is 2.71. The molecule has 6 heteroatoms. The van der Waals surface area contributed by atoms with Gasteiger partial charge in [-0.1, -0.05) is 5.16 Å². The van der Waals surface area contributed by atoms with Crippen LogP contribution in [0.1, 0.15) is 10.4 Å². The highest BCUT2D eigenvalue weighted by Gasteiger charge is 2.03. The third-order valence-electron chi connectivity index (χ3n) is 1.51. The molecule has 0 saturated heterocycles. The summed E-state index contributed by atoms with van der Waals surface area (Å²) >= 11 is 0. The van der Waals surface area contributed by atoms with Crippen molar-refractivity contribution in [2.24, 2.45) is 0 Å². The molecule has 2 rings (SSSR count). The van der Waals surface area contributed by atoms with Gasteiger partial charge in [0.25, 0.3) is 0 Å². The minimum Gasteiger partial charge on any atom is -0.342 e. The minimum absolute atomic E-state index is 0. The van der Waals surface area contributed by atoms with Gasteiger partial charge >= 0.3 is 0 Å². The van der Waals surface area contributed by atoms with Crippen molar-refractivity contribution in [3.05, 3.63) is 30.4 Å². The molecular formula is C8H6ClN3O2. The third kappa shape index (κ3) is 1.94. The van der Waals surface area contributed by atoms with E-state index in [-0.39, 0.29) is 12.4 Å². The monoisotopic (exact) mass is 211 g/mol. The van der Waals surface area contributed by atoms with Crippen LogP contribution in [0.5, 0.6) is 0 Å². The van der Waals surface area contributed by atoms with E-state index in [0.29, 0.717) is 17.0 Å². The Hall–Kier alpha value is -1.75. The molecule has 0 unspecified atom stereocenters. The molecule has 0 aromatic carbocycles. The summed E-state index contributed by atoms with van der Waals surface area (Å²) in [5.41, 5.74) is 1.15. The average molecular weight is 212 g/mol. The summed E-state index contributed by atoms with van der Waals surface area (Å²) in [5.74, 6) is 0.427. The first-order valence-electron chi connectivity index (χ1n) is 3.57. The lowest BCUT2D eigenvalue weighted by molar-refractivity contribution is 0.112. The lowest BCUT2D eigenvalue weighted by Crippen LogP contribution is -1.86. The van der Waals surface area contributed by atoms with Crippen LogP contribution in [-0.4, -0.2) is 21.4 Å². The molecule has 2 heterocycles. The SMILES string of the molecule is Cl.O=Cc1cncc(-c2ncon2)c1. The van der Waals surface area contributed by atoms with Gasteiger partial charge in [-0.05, 0) is 6.07 Å². The van der Waals surface area contributed by atoms with Crippen molar-refractivity contribution in [1.29, 1.82) is 0 Å². The van der Waals surface area contributed by atoms with Crippen molar-refractivity contribution < 1.29 is 9.32 Å². The van der Waals surface area contributed by atoms with Crippen LogP contribution in [0.15, 0.2) is 29.4 Å². The van der Waals surface area contributed by atoms with Crippen LogP contribution < -0.4 is 0 Å². The van der Waals surface area contributed by atoms with E-state index in [4.69, 9.17) is 0 Å². The lowest BCUT2D eigenvalue weighted by atomic mass is 10.2. The molecule has 0 aliphatic heterocycles. The van der Waals surface area contributed by atoms with Gasteiger partial charge < -0.3 is 4.52 Å². The largest absolute Gasteiger partial charge is 0.342 e. The lowest BCUT2D eigenvalue weighted by Gasteiger charge is -1.93. The Balaban J connectivity index is 0.000000980. The van der Waals surface area contributed by atoms with Crippen LogP contribution in [0.4, 0.5) is 0 Å². The minimum atomic E-state index is 0. The fourth-order valence-electron chi connectivity index (χ4n) is 0.942. The number of aldehydes is 1. The summed E-state index contributed by atoms with van der Waals surface area (Å²) < 4.78 is 4.57. The number of aromatic nitrogens is 3. The van der Waals surface area contributed by atoms with E-state index in [2.05, 4.69) is 19.6 Å². The summed E-state index contributed by atoms with van der Waals surface area (Å²) in [6.07, 6.45) is 4.98. The zero-order chi connectivity index (χ0) is 9.10. The van der Waals surface area contributed by atoms with Crippen LogP contribution in [0.2, 0.25) is 0 Å². The van der Waals surface area contributed by atoms with Crippen molar-refractivity contribution in [3.63, 3.8) is 0 Å². The quantitative estimate of drug-likeness (QED) is 0.702. The maximum Gasteiger partial charge on any atom is 0.214 e. The number of hydrogen-bond acceptors (Lipinski definition) is 5. The smallest absolute Gasteiger partial charge is 0.214 e. The maximum absolute atomic E-state index is 10.4. The Morgan fingerprint density at radius 1 is 1.36 bits per heavy atom. The molecule has 0 aliphatic carbocycles. The summed E-state index contributed by atoms with van der Waals surface area (Å²) in [6.45, 7) is 0. The van der Waals surface area contributed by atoms with Gasteiger partial charge in [0.05, 0.1) is 0 Å². The fourth-order valence-corrected chi connectivity index (χ4v) is 0.942. The van der Waals surface area contributed by atoms with E-state index < -0.39 is 0 Å². The molecule has 14 heavy (non-hydrogen) atoms. The molecule has 2 aromatic rings. The molecule has 0 bridgehead atoms. The van der Waals surface area contributed by atoms with Gasteiger partial charge in [0.2, 0.25) is 12.2 Å². The van der Waals surface area contributed by atoms with Crippen LogP contribution in [-0.2, 0) is 0 Å². The molecule has 2 aromatic heterocycles. The van der Waals surface area contributed by atoms with E-state index in [1.165, 1.54) is 12.6 Å². The topological polar surface area (TPSA) is 68.9 Å². The molecule has 0 saturated carbocycles. The number of rotatable bonds is 2. The van der Waals surface area contributed by atoms with Crippen molar-refractivity contribution in [1.82, 2.24) is 15.1 Å². The molecule has 0 amide bonds. The second-order valence-electron chi connectivity index (χ2n) is 2.38. The number of carbonyl (C=O) groups excluding carboxylic acids is 1. The number of pyridine rings is 1. The molecule has 0 aliphatic rings. The van der Waals surface area contributed by atoms with Gasteiger partial charge in [0.1, 0.15) is 0 Å². The molecule has 0 radical (unpaired) electrons. The Bertz CT molecular complexity index is 416. The Kier molecular flexibility index (Phi) is 3.30. The Morgan fingerprint density at radius 3 is 2.86 bits per heavy atom. The zero-order valence-electron chi connectivity index (χ0n) is 6.95. The third-order valence-corrected chi connectivity index (χ3v) is 1.51. The number of halogens is 1. The van der Waals surface area contributed by atoms with Gasteiger partial charge in [0.15, 0.2) is 6.29 Å². The number of nitrogens with zero attached hydrogens (tertiary/aromatic N) is 3. The predicted octanol–water partition coefficient (Wildman–Crippen LogP) is 1.37. The second kappa shape index (κ2) is 4.48. The molecular weight excluding hydrogens is 206 g/mol. The van der Waals surface area contributed by atoms with Gasteiger partial charge in [-0.15, -0.1) is 12.4 Å².